The summed E-state index contributed by atoms with van der Waals surface area (Å²) in [6, 6.07) is 0. The zero-order chi connectivity index (χ0) is 6.57. The quantitative estimate of drug-likeness (QED) is 0.226. The molecule has 0 aromatic carbocycles. The minimum Gasteiger partial charge on any atom is -0.263 e. The van der Waals surface area contributed by atoms with Crippen LogP contribution in [0, 0.1) is 10.1 Å². The maximum atomic E-state index is 9.84. The second-order valence-electron chi connectivity index (χ2n) is 0.838. The van der Waals surface area contributed by atoms with E-state index >= 15 is 0 Å². The number of hydrogen-bond acceptors (Lipinski definition) is 4. The Kier molecular flexibility index (Phi) is 6.87. The first-order valence-corrected chi connectivity index (χ1v) is 1.65. The van der Waals surface area contributed by atoms with Gasteiger partial charge in [0.05, 0.1) is 0 Å². The fraction of sp³-hybridized carbons (Fsp3) is 0. The van der Waals surface area contributed by atoms with Gasteiger partial charge < -0.3 is 0 Å². The molecule has 0 rings (SSSR count). The molecule has 0 amide bonds. The van der Waals surface area contributed by atoms with Crippen LogP contribution in [-0.4, -0.2) is 34.1 Å². The SMILES string of the molecule is C=CC(=O)O[N+](=O)[O-].[Mg]. The van der Waals surface area contributed by atoms with E-state index in [0.29, 0.717) is 6.08 Å². The number of hydrogen-bond donors (Lipinski definition) is 0. The summed E-state index contributed by atoms with van der Waals surface area (Å²) in [6.45, 7) is 2.93. The molecule has 0 heterocycles. The minimum absolute atomic E-state index is 0. The fourth-order valence-electron chi connectivity index (χ4n) is 0.111. The van der Waals surface area contributed by atoms with Crippen molar-refractivity contribution in [1.29, 1.82) is 0 Å². The summed E-state index contributed by atoms with van der Waals surface area (Å²) in [7, 11) is 0. The molecule has 0 bridgehead atoms. The van der Waals surface area contributed by atoms with E-state index in [2.05, 4.69) is 11.4 Å². The van der Waals surface area contributed by atoms with Crippen molar-refractivity contribution in [2.75, 3.05) is 0 Å². The van der Waals surface area contributed by atoms with Crippen molar-refractivity contribution >= 4 is 29.0 Å². The highest BCUT2D eigenvalue weighted by Gasteiger charge is 1.98. The Hall–Kier alpha value is -0.624. The van der Waals surface area contributed by atoms with Crippen molar-refractivity contribution in [3.8, 4) is 0 Å². The predicted octanol–water partition coefficient (Wildman–Crippen LogP) is -0.474. The van der Waals surface area contributed by atoms with Crippen molar-refractivity contribution < 1.29 is 14.7 Å². The largest absolute Gasteiger partial charge is 0.326 e. The molecular weight excluding hydrogens is 138 g/mol. The first-order chi connectivity index (χ1) is 3.66. The summed E-state index contributed by atoms with van der Waals surface area (Å²) in [4.78, 5) is 22.5. The molecule has 0 N–H and O–H groups in total. The minimum atomic E-state index is -1.19. The van der Waals surface area contributed by atoms with Crippen molar-refractivity contribution in [2.24, 2.45) is 0 Å². The van der Waals surface area contributed by atoms with Gasteiger partial charge >= 0.3 is 11.1 Å². The van der Waals surface area contributed by atoms with Crippen LogP contribution in [0.25, 0.3) is 0 Å². The number of carbonyl (C=O) groups excluding carboxylic acids is 1. The third-order valence-electron chi connectivity index (χ3n) is 0.331. The van der Waals surface area contributed by atoms with Crippen LogP contribution >= 0.6 is 0 Å². The Morgan fingerprint density at radius 3 is 2.33 bits per heavy atom. The van der Waals surface area contributed by atoms with Crippen molar-refractivity contribution in [3.05, 3.63) is 22.8 Å². The van der Waals surface area contributed by atoms with E-state index in [0.717, 1.165) is 0 Å². The van der Waals surface area contributed by atoms with Crippen LogP contribution in [0.2, 0.25) is 0 Å². The van der Waals surface area contributed by atoms with Crippen molar-refractivity contribution in [3.63, 3.8) is 0 Å². The van der Waals surface area contributed by atoms with Crippen molar-refractivity contribution in [1.82, 2.24) is 0 Å². The second kappa shape index (κ2) is 5.51. The molecule has 9 heavy (non-hydrogen) atoms. The Morgan fingerprint density at radius 2 is 2.22 bits per heavy atom. The van der Waals surface area contributed by atoms with E-state index in [-0.39, 0.29) is 23.1 Å². The molecule has 0 aliphatic heterocycles. The van der Waals surface area contributed by atoms with Gasteiger partial charge in [-0.25, -0.2) is 4.84 Å². The molecule has 0 saturated heterocycles. The van der Waals surface area contributed by atoms with E-state index in [1.807, 2.05) is 0 Å². The average molecular weight is 141 g/mol. The van der Waals surface area contributed by atoms with Gasteiger partial charge in [0.25, 0.3) is 0 Å². The normalized spacial score (nSPS) is 6.67. The summed E-state index contributed by atoms with van der Waals surface area (Å²) >= 11 is 0. The molecule has 0 aliphatic carbocycles. The molecule has 0 saturated carbocycles. The lowest BCUT2D eigenvalue weighted by atomic mass is 10.7. The van der Waals surface area contributed by atoms with Gasteiger partial charge in [0.1, 0.15) is 0 Å². The molecule has 5 nitrogen and oxygen atoms in total. The zero-order valence-corrected chi connectivity index (χ0v) is 5.99. The summed E-state index contributed by atoms with van der Waals surface area (Å²) in [5.74, 6) is -1.06. The summed E-state index contributed by atoms with van der Waals surface area (Å²) in [5.41, 5.74) is 0. The lowest BCUT2D eigenvalue weighted by Crippen LogP contribution is -2.06. The molecule has 0 aromatic heterocycles. The summed E-state index contributed by atoms with van der Waals surface area (Å²) in [6.07, 6.45) is 0.711. The molecule has 0 unspecified atom stereocenters. The highest BCUT2D eigenvalue weighted by Crippen LogP contribution is 1.76. The Morgan fingerprint density at radius 1 is 1.78 bits per heavy atom. The Balaban J connectivity index is 0. The van der Waals surface area contributed by atoms with Gasteiger partial charge in [-0.2, -0.15) is 0 Å². The van der Waals surface area contributed by atoms with Crippen LogP contribution in [-0.2, 0) is 9.63 Å². The van der Waals surface area contributed by atoms with Crippen LogP contribution in [0.3, 0.4) is 0 Å². The lowest BCUT2D eigenvalue weighted by molar-refractivity contribution is -0.728. The number of carbonyl (C=O) groups is 1. The van der Waals surface area contributed by atoms with Gasteiger partial charge in [0.15, 0.2) is 0 Å². The van der Waals surface area contributed by atoms with E-state index in [1.54, 1.807) is 0 Å². The van der Waals surface area contributed by atoms with Gasteiger partial charge in [-0.1, -0.05) is 6.58 Å². The van der Waals surface area contributed by atoms with Crippen LogP contribution < -0.4 is 0 Å². The van der Waals surface area contributed by atoms with E-state index in [1.165, 1.54) is 0 Å². The fourth-order valence-corrected chi connectivity index (χ4v) is 0.111. The first-order valence-electron chi connectivity index (χ1n) is 1.65. The standard InChI is InChI=1S/C3H3NO4.Mg/c1-2-3(5)8-4(6)7;/h2H,1H2;. The molecular formula is C3H3MgNO4. The first kappa shape index (κ1) is 11.2. The highest BCUT2D eigenvalue weighted by atomic mass is 24.3. The maximum Gasteiger partial charge on any atom is 0.326 e. The van der Waals surface area contributed by atoms with Gasteiger partial charge in [-0.05, 0) is 0 Å². The van der Waals surface area contributed by atoms with E-state index in [9.17, 15) is 14.9 Å². The molecule has 46 valence electrons. The summed E-state index contributed by atoms with van der Waals surface area (Å²) < 4.78 is 0. The van der Waals surface area contributed by atoms with Gasteiger partial charge in [0.2, 0.25) is 0 Å². The van der Waals surface area contributed by atoms with Crippen LogP contribution in [0.4, 0.5) is 0 Å². The third kappa shape index (κ3) is 7.38. The van der Waals surface area contributed by atoms with Gasteiger partial charge in [0, 0.05) is 29.1 Å². The monoisotopic (exact) mass is 141 g/mol. The van der Waals surface area contributed by atoms with Crippen LogP contribution in [0.5, 0.6) is 0 Å². The number of rotatable bonds is 2. The molecule has 0 spiro atoms. The predicted molar refractivity (Wildman–Crippen MR) is 29.0 cm³/mol. The Labute approximate surface area is 66.9 Å². The zero-order valence-electron chi connectivity index (χ0n) is 4.57. The van der Waals surface area contributed by atoms with Crippen LogP contribution in [0.15, 0.2) is 12.7 Å². The second-order valence-corrected chi connectivity index (χ2v) is 0.838. The van der Waals surface area contributed by atoms with Gasteiger partial charge in [-0.15, -0.1) is 10.1 Å². The number of nitrogens with zero attached hydrogens (tertiary/aromatic N) is 1. The molecule has 2 radical (unpaired) electrons. The lowest BCUT2D eigenvalue weighted by Gasteiger charge is -1.84. The molecule has 0 atom stereocenters. The maximum absolute atomic E-state index is 9.84. The molecule has 0 aliphatic rings. The van der Waals surface area contributed by atoms with E-state index in [4.69, 9.17) is 0 Å². The van der Waals surface area contributed by atoms with Crippen molar-refractivity contribution in [2.45, 2.75) is 0 Å². The van der Waals surface area contributed by atoms with E-state index < -0.39 is 11.1 Å². The molecule has 0 aromatic rings. The third-order valence-corrected chi connectivity index (χ3v) is 0.331. The molecule has 0 fully saturated rings. The molecule has 6 heteroatoms. The topological polar surface area (TPSA) is 69.4 Å². The van der Waals surface area contributed by atoms with Gasteiger partial charge in [-0.3, -0.25) is 4.79 Å². The van der Waals surface area contributed by atoms with Crippen LogP contribution in [0.1, 0.15) is 0 Å². The summed E-state index contributed by atoms with van der Waals surface area (Å²) in [5, 5.41) is 8.09. The highest BCUT2D eigenvalue weighted by molar-refractivity contribution is 5.80. The smallest absolute Gasteiger partial charge is 0.263 e. The average Bonchev–Trinajstić information content (AvgIpc) is 1.65. The Bertz CT molecular complexity index is 134.